The number of hydrogen-bond acceptors (Lipinski definition) is 5. The standard InChI is InChI=1S/C9H17F2O2P.CH4O.O2/c1-4-5-6-9(10,11)8(12)7-14(3)13-2;2*1-2/h4-7H2,1-3H3;2H,1H3;. The Morgan fingerprint density at radius 1 is 1.33 bits per heavy atom. The summed E-state index contributed by atoms with van der Waals surface area (Å²) in [4.78, 5) is 25.1. The molecule has 0 heterocycles. The first kappa shape index (κ1) is 22.6. The molecule has 0 saturated carbocycles. The van der Waals surface area contributed by atoms with Crippen molar-refractivity contribution in [2.75, 3.05) is 27.0 Å². The summed E-state index contributed by atoms with van der Waals surface area (Å²) in [5.74, 6) is -4.15. The Labute approximate surface area is 107 Å². The van der Waals surface area contributed by atoms with E-state index in [0.717, 1.165) is 7.11 Å². The fraction of sp³-hybridized carbons (Fsp3) is 0.900. The van der Waals surface area contributed by atoms with Crippen LogP contribution in [0.4, 0.5) is 8.78 Å². The smallest absolute Gasteiger partial charge is 0.305 e. The highest BCUT2D eigenvalue weighted by Gasteiger charge is 2.37. The molecule has 8 heteroatoms. The minimum Gasteiger partial charge on any atom is -0.400 e. The Morgan fingerprint density at radius 2 is 1.78 bits per heavy atom. The Bertz CT molecular complexity index is 205. The molecule has 0 aliphatic rings. The number of unbranched alkanes of at least 4 members (excludes halogenated alkanes) is 1. The van der Waals surface area contributed by atoms with Crippen LogP contribution in [-0.2, 0) is 9.32 Å². The van der Waals surface area contributed by atoms with Gasteiger partial charge in [0.1, 0.15) is 0 Å². The maximum absolute atomic E-state index is 13.1. The van der Waals surface area contributed by atoms with Crippen molar-refractivity contribution in [2.24, 2.45) is 0 Å². The van der Waals surface area contributed by atoms with Gasteiger partial charge in [-0.15, -0.1) is 0 Å². The molecule has 5 nitrogen and oxygen atoms in total. The number of hydrogen-bond donors (Lipinski definition) is 1. The van der Waals surface area contributed by atoms with E-state index in [4.69, 9.17) is 19.6 Å². The summed E-state index contributed by atoms with van der Waals surface area (Å²) in [5.41, 5.74) is 0. The fourth-order valence-electron chi connectivity index (χ4n) is 0.921. The summed E-state index contributed by atoms with van der Waals surface area (Å²) in [6.07, 6.45) is 0.569. The molecule has 0 bridgehead atoms. The maximum Gasteiger partial charge on any atom is 0.305 e. The SMILES string of the molecule is CCCCC(F)(F)C(=O)CP(C)OC.CO.O=O. The van der Waals surface area contributed by atoms with Gasteiger partial charge in [0.25, 0.3) is 0 Å². The quantitative estimate of drug-likeness (QED) is 0.729. The van der Waals surface area contributed by atoms with Crippen LogP contribution in [0.2, 0.25) is 0 Å². The lowest BCUT2D eigenvalue weighted by molar-refractivity contribution is -0.141. The van der Waals surface area contributed by atoms with Gasteiger partial charge in [-0.25, -0.2) is 0 Å². The molecule has 0 aliphatic carbocycles. The van der Waals surface area contributed by atoms with E-state index in [9.17, 15) is 13.6 Å². The molecule has 0 amide bonds. The molecule has 0 radical (unpaired) electrons. The number of aliphatic hydroxyl groups excluding tert-OH is 1. The number of ketones is 1. The van der Waals surface area contributed by atoms with E-state index in [0.29, 0.717) is 12.8 Å². The molecular formula is C10H21F2O5P. The number of Topliss-reactive ketones (excluding diaryl/α,β-unsaturated/α-hetero) is 1. The van der Waals surface area contributed by atoms with E-state index < -0.39 is 19.9 Å². The van der Waals surface area contributed by atoms with Gasteiger partial charge >= 0.3 is 5.92 Å². The van der Waals surface area contributed by atoms with Crippen LogP contribution in [0.25, 0.3) is 0 Å². The number of rotatable bonds is 7. The van der Waals surface area contributed by atoms with Crippen molar-refractivity contribution in [3.8, 4) is 0 Å². The zero-order valence-corrected chi connectivity index (χ0v) is 12.0. The van der Waals surface area contributed by atoms with Gasteiger partial charge in [0.2, 0.25) is 5.78 Å². The number of aliphatic hydroxyl groups is 1. The highest BCUT2D eigenvalue weighted by Crippen LogP contribution is 2.34. The molecule has 18 heavy (non-hydrogen) atoms. The van der Waals surface area contributed by atoms with Crippen LogP contribution >= 0.6 is 8.15 Å². The molecule has 110 valence electrons. The van der Waals surface area contributed by atoms with Crippen LogP contribution in [0.3, 0.4) is 0 Å². The summed E-state index contributed by atoms with van der Waals surface area (Å²) in [7, 11) is 1.41. The lowest BCUT2D eigenvalue weighted by atomic mass is 10.1. The molecule has 0 saturated heterocycles. The van der Waals surface area contributed by atoms with Crippen LogP contribution in [0, 0.1) is 9.93 Å². The number of alkyl halides is 2. The van der Waals surface area contributed by atoms with E-state index in [1.165, 1.54) is 7.11 Å². The number of halogens is 2. The van der Waals surface area contributed by atoms with Crippen molar-refractivity contribution in [3.05, 3.63) is 9.93 Å². The predicted octanol–water partition coefficient (Wildman–Crippen LogP) is 2.73. The molecule has 1 atom stereocenters. The molecule has 0 aromatic heterocycles. The number of carbonyl (C=O) groups excluding carboxylic acids is 1. The molecule has 0 aromatic carbocycles. The van der Waals surface area contributed by atoms with Crippen molar-refractivity contribution in [2.45, 2.75) is 32.1 Å². The normalized spacial score (nSPS) is 11.5. The summed E-state index contributed by atoms with van der Waals surface area (Å²) in [6.45, 7) is 3.49. The van der Waals surface area contributed by atoms with Crippen molar-refractivity contribution in [1.82, 2.24) is 0 Å². The Balaban J connectivity index is -0.000000506. The van der Waals surface area contributed by atoms with Gasteiger partial charge < -0.3 is 9.63 Å². The summed E-state index contributed by atoms with van der Waals surface area (Å²) in [6, 6.07) is 0. The highest BCUT2D eigenvalue weighted by atomic mass is 31.1. The van der Waals surface area contributed by atoms with Crippen LogP contribution in [0.15, 0.2) is 0 Å². The van der Waals surface area contributed by atoms with Crippen molar-refractivity contribution < 1.29 is 23.2 Å². The Morgan fingerprint density at radius 3 is 2.11 bits per heavy atom. The van der Waals surface area contributed by atoms with Gasteiger partial charge in [0.15, 0.2) is 0 Å². The van der Waals surface area contributed by atoms with Crippen LogP contribution in [-0.4, -0.2) is 43.9 Å². The monoisotopic (exact) mass is 290 g/mol. The van der Waals surface area contributed by atoms with Gasteiger partial charge in [-0.2, -0.15) is 8.78 Å². The molecule has 1 unspecified atom stereocenters. The topological polar surface area (TPSA) is 80.7 Å². The summed E-state index contributed by atoms with van der Waals surface area (Å²) < 4.78 is 31.0. The van der Waals surface area contributed by atoms with Gasteiger partial charge in [-0.3, -0.25) is 4.79 Å². The fourth-order valence-corrected chi connectivity index (χ4v) is 1.69. The highest BCUT2D eigenvalue weighted by molar-refractivity contribution is 7.52. The van der Waals surface area contributed by atoms with E-state index in [-0.39, 0.29) is 12.6 Å². The minimum atomic E-state index is -3.16. The minimum absolute atomic E-state index is 0.150. The molecule has 0 spiro atoms. The summed E-state index contributed by atoms with van der Waals surface area (Å²) in [5, 5.41) is 7.00. The largest absolute Gasteiger partial charge is 0.400 e. The first-order valence-corrected chi connectivity index (χ1v) is 7.11. The average molecular weight is 290 g/mol. The zero-order valence-electron chi connectivity index (χ0n) is 11.1. The Kier molecular flexibility index (Phi) is 18.3. The maximum atomic E-state index is 13.1. The lowest BCUT2D eigenvalue weighted by Crippen LogP contribution is -2.30. The third kappa shape index (κ3) is 12.0. The average Bonchev–Trinajstić information content (AvgIpc) is 2.40. The predicted molar refractivity (Wildman–Crippen MR) is 69.1 cm³/mol. The second kappa shape index (κ2) is 14.5. The first-order chi connectivity index (χ1) is 8.44. The van der Waals surface area contributed by atoms with E-state index in [1.54, 1.807) is 6.66 Å². The van der Waals surface area contributed by atoms with E-state index >= 15 is 0 Å². The lowest BCUT2D eigenvalue weighted by Gasteiger charge is -2.16. The third-order valence-electron chi connectivity index (χ3n) is 1.93. The third-order valence-corrected chi connectivity index (χ3v) is 3.29. The van der Waals surface area contributed by atoms with Crippen molar-refractivity contribution in [3.63, 3.8) is 0 Å². The molecule has 0 fully saturated rings. The molecule has 0 aromatic rings. The van der Waals surface area contributed by atoms with Crippen LogP contribution in [0.5, 0.6) is 0 Å². The molecule has 0 aliphatic heterocycles. The van der Waals surface area contributed by atoms with Gasteiger partial charge in [0.05, 0.1) is 6.16 Å². The van der Waals surface area contributed by atoms with Gasteiger partial charge in [-0.05, 0) is 13.1 Å². The van der Waals surface area contributed by atoms with E-state index in [1.807, 2.05) is 6.92 Å². The van der Waals surface area contributed by atoms with Crippen molar-refractivity contribution >= 4 is 13.9 Å². The van der Waals surface area contributed by atoms with Crippen LogP contribution in [0.1, 0.15) is 26.2 Å². The zero-order chi connectivity index (χ0) is 15.2. The molecular weight excluding hydrogens is 269 g/mol. The first-order valence-electron chi connectivity index (χ1n) is 5.21. The Hall–Kier alpha value is -0.520. The van der Waals surface area contributed by atoms with Crippen molar-refractivity contribution in [1.29, 1.82) is 0 Å². The second-order valence-corrected chi connectivity index (χ2v) is 5.14. The molecule has 1 N–H and O–H groups in total. The van der Waals surface area contributed by atoms with Crippen LogP contribution < -0.4 is 0 Å². The second-order valence-electron chi connectivity index (χ2n) is 3.20. The molecule has 0 rings (SSSR count). The summed E-state index contributed by atoms with van der Waals surface area (Å²) >= 11 is 0. The van der Waals surface area contributed by atoms with Gasteiger partial charge in [-0.1, -0.05) is 13.3 Å². The number of carbonyl (C=O) groups is 1. The van der Waals surface area contributed by atoms with E-state index in [2.05, 4.69) is 0 Å². The van der Waals surface area contributed by atoms with Gasteiger partial charge in [0, 0.05) is 38.7 Å².